The van der Waals surface area contributed by atoms with Gasteiger partial charge in [0.15, 0.2) is 0 Å². The number of carbonyl (C=O) groups excluding carboxylic acids is 1. The number of halogens is 5. The summed E-state index contributed by atoms with van der Waals surface area (Å²) in [7, 11) is 0. The van der Waals surface area contributed by atoms with Crippen LogP contribution < -0.4 is 5.32 Å². The molecule has 0 aromatic heterocycles. The van der Waals surface area contributed by atoms with E-state index in [4.69, 9.17) is 23.2 Å². The van der Waals surface area contributed by atoms with E-state index in [0.717, 1.165) is 11.6 Å². The molecule has 3 nitrogen and oxygen atoms in total. The first-order chi connectivity index (χ1) is 12.2. The number of para-hydroxylation sites is 1. The Morgan fingerprint density at radius 2 is 1.85 bits per heavy atom. The van der Waals surface area contributed by atoms with Crippen molar-refractivity contribution in [1.29, 1.82) is 0 Å². The summed E-state index contributed by atoms with van der Waals surface area (Å²) in [5.41, 5.74) is -0.357. The third-order valence-electron chi connectivity index (χ3n) is 3.73. The predicted octanol–water partition coefficient (Wildman–Crippen LogP) is 5.47. The van der Waals surface area contributed by atoms with Gasteiger partial charge in [0, 0.05) is 16.6 Å². The molecule has 1 amide bonds. The Bertz CT molecular complexity index is 781. The molecule has 0 radical (unpaired) electrons. The summed E-state index contributed by atoms with van der Waals surface area (Å²) in [6.07, 6.45) is -4.54. The van der Waals surface area contributed by atoms with Gasteiger partial charge < -0.3 is 5.32 Å². The molecular weight excluding hydrogens is 388 g/mol. The van der Waals surface area contributed by atoms with Crippen molar-refractivity contribution in [2.45, 2.75) is 19.6 Å². The number of alkyl halides is 3. The molecule has 0 heterocycles. The molecule has 0 aliphatic heterocycles. The van der Waals surface area contributed by atoms with E-state index in [-0.39, 0.29) is 12.2 Å². The van der Waals surface area contributed by atoms with Crippen molar-refractivity contribution in [1.82, 2.24) is 4.90 Å². The van der Waals surface area contributed by atoms with Gasteiger partial charge in [-0.05, 0) is 36.4 Å². The molecular formula is C18H17Cl2F3N2O. The highest BCUT2D eigenvalue weighted by atomic mass is 35.5. The normalized spacial score (nSPS) is 11.7. The van der Waals surface area contributed by atoms with Gasteiger partial charge in [-0.3, -0.25) is 9.69 Å². The molecule has 8 heteroatoms. The van der Waals surface area contributed by atoms with Crippen molar-refractivity contribution in [2.75, 3.05) is 18.4 Å². The minimum Gasteiger partial charge on any atom is -0.324 e. The van der Waals surface area contributed by atoms with Crippen molar-refractivity contribution >= 4 is 34.8 Å². The standard InChI is InChI=1S/C18H17Cl2F3N2O/c1-2-25(10-12-7-8-13(19)9-15(12)20)11-17(26)24-16-6-4-3-5-14(16)18(21,22)23/h3-9H,2,10-11H2,1H3,(H,24,26). The third-order valence-corrected chi connectivity index (χ3v) is 4.32. The fourth-order valence-corrected chi connectivity index (χ4v) is 2.87. The predicted molar refractivity (Wildman–Crippen MR) is 97.5 cm³/mol. The summed E-state index contributed by atoms with van der Waals surface area (Å²) in [4.78, 5) is 14.0. The Labute approximate surface area is 159 Å². The molecule has 2 rings (SSSR count). The maximum Gasteiger partial charge on any atom is 0.418 e. The van der Waals surface area contributed by atoms with Crippen LogP contribution in [0.15, 0.2) is 42.5 Å². The minimum absolute atomic E-state index is 0.0678. The van der Waals surface area contributed by atoms with Crippen LogP contribution in [0.3, 0.4) is 0 Å². The summed E-state index contributed by atoms with van der Waals surface area (Å²) in [5, 5.41) is 3.31. The zero-order chi connectivity index (χ0) is 19.3. The van der Waals surface area contributed by atoms with Gasteiger partial charge in [0.25, 0.3) is 0 Å². The summed E-state index contributed by atoms with van der Waals surface area (Å²) in [5.74, 6) is -0.534. The van der Waals surface area contributed by atoms with Crippen LogP contribution in [0.5, 0.6) is 0 Å². The number of hydrogen-bond donors (Lipinski definition) is 1. The molecule has 2 aromatic carbocycles. The molecule has 0 aliphatic carbocycles. The molecule has 0 atom stereocenters. The van der Waals surface area contributed by atoms with E-state index >= 15 is 0 Å². The summed E-state index contributed by atoms with van der Waals surface area (Å²) < 4.78 is 39.0. The number of anilines is 1. The van der Waals surface area contributed by atoms with E-state index in [0.29, 0.717) is 23.1 Å². The van der Waals surface area contributed by atoms with Gasteiger partial charge in [-0.2, -0.15) is 13.2 Å². The summed E-state index contributed by atoms with van der Waals surface area (Å²) in [6, 6.07) is 9.93. The van der Waals surface area contributed by atoms with Crippen molar-refractivity contribution in [2.24, 2.45) is 0 Å². The lowest BCUT2D eigenvalue weighted by atomic mass is 10.1. The number of carbonyl (C=O) groups is 1. The van der Waals surface area contributed by atoms with E-state index in [9.17, 15) is 18.0 Å². The first-order valence-corrected chi connectivity index (χ1v) is 8.58. The second kappa shape index (κ2) is 8.75. The van der Waals surface area contributed by atoms with Crippen molar-refractivity contribution in [3.05, 3.63) is 63.6 Å². The highest BCUT2D eigenvalue weighted by Crippen LogP contribution is 2.34. The van der Waals surface area contributed by atoms with Crippen LogP contribution in [0.4, 0.5) is 18.9 Å². The van der Waals surface area contributed by atoms with Crippen LogP contribution in [-0.2, 0) is 17.5 Å². The Balaban J connectivity index is 2.06. The van der Waals surface area contributed by atoms with Crippen LogP contribution in [0.25, 0.3) is 0 Å². The number of hydrogen-bond acceptors (Lipinski definition) is 2. The van der Waals surface area contributed by atoms with Crippen LogP contribution in [-0.4, -0.2) is 23.9 Å². The molecule has 0 aliphatic rings. The summed E-state index contributed by atoms with van der Waals surface area (Å²) >= 11 is 12.0. The fourth-order valence-electron chi connectivity index (χ4n) is 2.40. The van der Waals surface area contributed by atoms with E-state index < -0.39 is 17.6 Å². The maximum absolute atomic E-state index is 13.0. The van der Waals surface area contributed by atoms with Gasteiger partial charge >= 0.3 is 6.18 Å². The molecule has 0 fully saturated rings. The second-order valence-corrected chi connectivity index (χ2v) is 6.47. The molecule has 140 valence electrons. The van der Waals surface area contributed by atoms with Gasteiger partial charge in [-0.1, -0.05) is 48.3 Å². The Morgan fingerprint density at radius 3 is 2.46 bits per heavy atom. The monoisotopic (exact) mass is 404 g/mol. The number of benzene rings is 2. The third kappa shape index (κ3) is 5.62. The van der Waals surface area contributed by atoms with Gasteiger partial charge in [0.2, 0.25) is 5.91 Å². The van der Waals surface area contributed by atoms with Crippen LogP contribution in [0.2, 0.25) is 10.0 Å². The molecule has 0 saturated heterocycles. The topological polar surface area (TPSA) is 32.3 Å². The average Bonchev–Trinajstić information content (AvgIpc) is 2.56. The van der Waals surface area contributed by atoms with E-state index in [1.807, 2.05) is 6.92 Å². The number of nitrogens with zero attached hydrogens (tertiary/aromatic N) is 1. The van der Waals surface area contributed by atoms with Crippen LogP contribution in [0, 0.1) is 0 Å². The lowest BCUT2D eigenvalue weighted by Crippen LogP contribution is -2.33. The van der Waals surface area contributed by atoms with Gasteiger partial charge in [0.05, 0.1) is 17.8 Å². The van der Waals surface area contributed by atoms with Gasteiger partial charge in [-0.25, -0.2) is 0 Å². The zero-order valence-corrected chi connectivity index (χ0v) is 15.4. The first kappa shape index (κ1) is 20.6. The van der Waals surface area contributed by atoms with E-state index in [2.05, 4.69) is 5.32 Å². The maximum atomic E-state index is 13.0. The highest BCUT2D eigenvalue weighted by Gasteiger charge is 2.33. The number of nitrogens with one attached hydrogen (secondary N) is 1. The first-order valence-electron chi connectivity index (χ1n) is 7.83. The Morgan fingerprint density at radius 1 is 1.15 bits per heavy atom. The molecule has 0 unspecified atom stereocenters. The SMILES string of the molecule is CCN(CC(=O)Nc1ccccc1C(F)(F)F)Cc1ccc(Cl)cc1Cl. The Hall–Kier alpha value is -1.76. The molecule has 26 heavy (non-hydrogen) atoms. The second-order valence-electron chi connectivity index (χ2n) is 5.63. The molecule has 1 N–H and O–H groups in total. The average molecular weight is 405 g/mol. The fraction of sp³-hybridized carbons (Fsp3) is 0.278. The number of rotatable bonds is 6. The lowest BCUT2D eigenvalue weighted by Gasteiger charge is -2.21. The molecule has 0 saturated carbocycles. The quantitative estimate of drug-likeness (QED) is 0.691. The van der Waals surface area contributed by atoms with Crippen LogP contribution >= 0.6 is 23.2 Å². The van der Waals surface area contributed by atoms with Crippen molar-refractivity contribution in [3.8, 4) is 0 Å². The molecule has 2 aromatic rings. The van der Waals surface area contributed by atoms with Crippen molar-refractivity contribution < 1.29 is 18.0 Å². The van der Waals surface area contributed by atoms with Gasteiger partial charge in [-0.15, -0.1) is 0 Å². The smallest absolute Gasteiger partial charge is 0.324 e. The van der Waals surface area contributed by atoms with Crippen molar-refractivity contribution in [3.63, 3.8) is 0 Å². The van der Waals surface area contributed by atoms with Crippen LogP contribution in [0.1, 0.15) is 18.1 Å². The highest BCUT2D eigenvalue weighted by molar-refractivity contribution is 6.35. The lowest BCUT2D eigenvalue weighted by molar-refractivity contribution is -0.137. The van der Waals surface area contributed by atoms with Gasteiger partial charge in [0.1, 0.15) is 0 Å². The van der Waals surface area contributed by atoms with E-state index in [1.165, 1.54) is 18.2 Å². The Kier molecular flexibility index (Phi) is 6.92. The van der Waals surface area contributed by atoms with E-state index in [1.54, 1.807) is 23.1 Å². The number of amides is 1. The zero-order valence-electron chi connectivity index (χ0n) is 13.9. The summed E-state index contributed by atoms with van der Waals surface area (Å²) in [6.45, 7) is 2.68. The molecule has 0 spiro atoms. The molecule has 0 bridgehead atoms. The largest absolute Gasteiger partial charge is 0.418 e. The minimum atomic E-state index is -4.54. The number of likely N-dealkylation sites (N-methyl/N-ethyl adjacent to an activating group) is 1.